The van der Waals surface area contributed by atoms with Crippen LogP contribution >= 0.6 is 15.9 Å². The molecule has 6 nitrogen and oxygen atoms in total. The van der Waals surface area contributed by atoms with Crippen molar-refractivity contribution in [1.29, 1.82) is 0 Å². The molecule has 1 amide bonds. The maximum Gasteiger partial charge on any atom is 0.323 e. The lowest BCUT2D eigenvalue weighted by Gasteiger charge is -2.23. The Morgan fingerprint density at radius 2 is 1.84 bits per heavy atom. The van der Waals surface area contributed by atoms with Crippen LogP contribution in [0.2, 0.25) is 0 Å². The number of fused-ring (bicyclic) bond motifs is 1. The number of H-pyrrole nitrogens is 2. The molecule has 1 heterocycles. The molecule has 102 valence electrons. The molecule has 0 aliphatic rings. The van der Waals surface area contributed by atoms with Gasteiger partial charge >= 0.3 is 5.69 Å². The molecular formula is C12H15BrN4O2. The second-order valence-electron chi connectivity index (χ2n) is 4.79. The van der Waals surface area contributed by atoms with E-state index >= 15 is 0 Å². The number of anilines is 1. The van der Waals surface area contributed by atoms with Crippen LogP contribution in [-0.4, -0.2) is 28.5 Å². The number of aromatic amines is 2. The van der Waals surface area contributed by atoms with Gasteiger partial charge in [-0.2, -0.15) is 0 Å². The summed E-state index contributed by atoms with van der Waals surface area (Å²) >= 11 is 3.37. The summed E-state index contributed by atoms with van der Waals surface area (Å²) in [6, 6.07) is 3.45. The molecule has 1 aromatic carbocycles. The molecule has 2 rings (SSSR count). The molecule has 0 saturated heterocycles. The van der Waals surface area contributed by atoms with Crippen molar-refractivity contribution in [2.24, 2.45) is 0 Å². The molecule has 0 aliphatic heterocycles. The first-order chi connectivity index (χ1) is 8.83. The van der Waals surface area contributed by atoms with Gasteiger partial charge in [-0.15, -0.1) is 0 Å². The minimum Gasteiger partial charge on any atom is -0.323 e. The number of carbonyl (C=O) groups is 1. The number of hydrogen-bond donors (Lipinski definition) is 4. The summed E-state index contributed by atoms with van der Waals surface area (Å²) in [6.45, 7) is 3.57. The van der Waals surface area contributed by atoms with Gasteiger partial charge in [-0.25, -0.2) is 4.79 Å². The van der Waals surface area contributed by atoms with Gasteiger partial charge in [0.25, 0.3) is 0 Å². The fourth-order valence-electron chi connectivity index (χ4n) is 1.54. The number of likely N-dealkylation sites (N-methyl/N-ethyl adjacent to an activating group) is 1. The van der Waals surface area contributed by atoms with Gasteiger partial charge in [-0.1, -0.05) is 0 Å². The highest BCUT2D eigenvalue weighted by Gasteiger charge is 2.25. The van der Waals surface area contributed by atoms with E-state index in [0.717, 1.165) is 0 Å². The maximum absolute atomic E-state index is 12.1. The maximum atomic E-state index is 12.1. The number of halogens is 1. The third kappa shape index (κ3) is 2.71. The minimum absolute atomic E-state index is 0.159. The van der Waals surface area contributed by atoms with E-state index in [-0.39, 0.29) is 11.6 Å². The largest absolute Gasteiger partial charge is 0.323 e. The van der Waals surface area contributed by atoms with E-state index in [0.29, 0.717) is 21.2 Å². The normalized spacial score (nSPS) is 11.8. The Kier molecular flexibility index (Phi) is 3.51. The zero-order valence-electron chi connectivity index (χ0n) is 10.8. The lowest BCUT2D eigenvalue weighted by Crippen LogP contribution is -2.47. The highest BCUT2D eigenvalue weighted by Crippen LogP contribution is 2.27. The zero-order chi connectivity index (χ0) is 14.2. The van der Waals surface area contributed by atoms with Gasteiger partial charge in [0, 0.05) is 4.47 Å². The summed E-state index contributed by atoms with van der Waals surface area (Å²) < 4.78 is 0.704. The molecule has 0 bridgehead atoms. The molecule has 0 atom stereocenters. The first-order valence-corrected chi connectivity index (χ1v) is 6.54. The smallest absolute Gasteiger partial charge is 0.323 e. The third-order valence-electron chi connectivity index (χ3n) is 3.04. The summed E-state index contributed by atoms with van der Waals surface area (Å²) in [6.07, 6.45) is 0. The van der Waals surface area contributed by atoms with Crippen molar-refractivity contribution >= 4 is 38.6 Å². The number of carbonyl (C=O) groups excluding carboxylic acids is 1. The molecule has 0 aliphatic carbocycles. The Morgan fingerprint density at radius 1 is 1.26 bits per heavy atom. The number of nitrogens with one attached hydrogen (secondary N) is 4. The average molecular weight is 327 g/mol. The van der Waals surface area contributed by atoms with Crippen LogP contribution in [0.3, 0.4) is 0 Å². The van der Waals surface area contributed by atoms with Gasteiger partial charge in [0.05, 0.1) is 22.3 Å². The minimum atomic E-state index is -0.681. The second kappa shape index (κ2) is 4.82. The molecule has 0 unspecified atom stereocenters. The van der Waals surface area contributed by atoms with E-state index in [1.807, 2.05) is 0 Å². The summed E-state index contributed by atoms with van der Waals surface area (Å²) in [5.41, 5.74) is 0.977. The monoisotopic (exact) mass is 326 g/mol. The van der Waals surface area contributed by atoms with E-state index in [2.05, 4.69) is 36.5 Å². The number of rotatable bonds is 3. The summed E-state index contributed by atoms with van der Waals surface area (Å²) in [7, 11) is 1.72. The van der Waals surface area contributed by atoms with Gasteiger partial charge in [0.2, 0.25) is 5.91 Å². The molecule has 0 radical (unpaired) electrons. The van der Waals surface area contributed by atoms with Crippen LogP contribution in [0.25, 0.3) is 11.0 Å². The summed E-state index contributed by atoms with van der Waals surface area (Å²) in [4.78, 5) is 28.6. The predicted octanol–water partition coefficient (Wildman–Crippen LogP) is 1.56. The van der Waals surface area contributed by atoms with Crippen LogP contribution in [0.5, 0.6) is 0 Å². The topological polar surface area (TPSA) is 89.8 Å². The van der Waals surface area contributed by atoms with Crippen molar-refractivity contribution in [3.63, 3.8) is 0 Å². The van der Waals surface area contributed by atoms with Crippen molar-refractivity contribution in [3.05, 3.63) is 27.1 Å². The molecule has 0 spiro atoms. The molecule has 19 heavy (non-hydrogen) atoms. The summed E-state index contributed by atoms with van der Waals surface area (Å²) in [5, 5.41) is 5.75. The lowest BCUT2D eigenvalue weighted by molar-refractivity contribution is -0.121. The van der Waals surface area contributed by atoms with Crippen molar-refractivity contribution < 1.29 is 4.79 Å². The molecule has 0 saturated carbocycles. The van der Waals surface area contributed by atoms with Crippen molar-refractivity contribution in [2.45, 2.75) is 19.4 Å². The Labute approximate surface area is 118 Å². The van der Waals surface area contributed by atoms with Gasteiger partial charge in [0.15, 0.2) is 0 Å². The SMILES string of the molecule is CNC(C)(C)C(=O)Nc1cc2[nH]c(=O)[nH]c2cc1Br. The number of imidazole rings is 1. The van der Waals surface area contributed by atoms with E-state index in [1.54, 1.807) is 33.0 Å². The van der Waals surface area contributed by atoms with Gasteiger partial charge < -0.3 is 20.6 Å². The first-order valence-electron chi connectivity index (χ1n) is 5.75. The number of aromatic nitrogens is 2. The molecule has 4 N–H and O–H groups in total. The van der Waals surface area contributed by atoms with Crippen LogP contribution in [-0.2, 0) is 4.79 Å². The van der Waals surface area contributed by atoms with Crippen LogP contribution in [0.4, 0.5) is 5.69 Å². The summed E-state index contributed by atoms with van der Waals surface area (Å²) in [5.74, 6) is -0.159. The second-order valence-corrected chi connectivity index (χ2v) is 5.64. The van der Waals surface area contributed by atoms with Crippen LogP contribution in [0, 0.1) is 0 Å². The average Bonchev–Trinajstić information content (AvgIpc) is 2.68. The predicted molar refractivity (Wildman–Crippen MR) is 78.4 cm³/mol. The fourth-order valence-corrected chi connectivity index (χ4v) is 1.99. The molecule has 1 aromatic heterocycles. The molecular weight excluding hydrogens is 312 g/mol. The van der Waals surface area contributed by atoms with Crippen LogP contribution in [0.1, 0.15) is 13.8 Å². The Bertz CT molecular complexity index is 687. The first kappa shape index (κ1) is 13.8. The van der Waals surface area contributed by atoms with E-state index < -0.39 is 5.54 Å². The van der Waals surface area contributed by atoms with Crippen molar-refractivity contribution in [1.82, 2.24) is 15.3 Å². The molecule has 2 aromatic rings. The Balaban J connectivity index is 2.37. The fraction of sp³-hybridized carbons (Fsp3) is 0.333. The van der Waals surface area contributed by atoms with Crippen molar-refractivity contribution in [3.8, 4) is 0 Å². The quantitative estimate of drug-likeness (QED) is 0.690. The Hall–Kier alpha value is -1.60. The molecule has 7 heteroatoms. The Morgan fingerprint density at radius 3 is 2.42 bits per heavy atom. The van der Waals surface area contributed by atoms with E-state index in [1.165, 1.54) is 0 Å². The number of benzene rings is 1. The van der Waals surface area contributed by atoms with Gasteiger partial charge in [-0.05, 0) is 49.0 Å². The van der Waals surface area contributed by atoms with Gasteiger partial charge in [0.1, 0.15) is 0 Å². The lowest BCUT2D eigenvalue weighted by atomic mass is 10.1. The third-order valence-corrected chi connectivity index (χ3v) is 3.70. The van der Waals surface area contributed by atoms with Crippen LogP contribution in [0.15, 0.2) is 21.4 Å². The highest BCUT2D eigenvalue weighted by atomic mass is 79.9. The standard InChI is InChI=1S/C12H15BrN4O2/c1-12(2,14-3)10(18)15-7-5-9-8(4-6(7)13)16-11(19)17-9/h4-5,14H,1-3H3,(H,15,18)(H2,16,17,19). The number of hydrogen-bond acceptors (Lipinski definition) is 3. The van der Waals surface area contributed by atoms with Gasteiger partial charge in [-0.3, -0.25) is 4.79 Å². The van der Waals surface area contributed by atoms with Crippen LogP contribution < -0.4 is 16.3 Å². The molecule has 0 fully saturated rings. The zero-order valence-corrected chi connectivity index (χ0v) is 12.4. The van der Waals surface area contributed by atoms with Crippen molar-refractivity contribution in [2.75, 3.05) is 12.4 Å². The van der Waals surface area contributed by atoms with E-state index in [9.17, 15) is 9.59 Å². The highest BCUT2D eigenvalue weighted by molar-refractivity contribution is 9.10. The van der Waals surface area contributed by atoms with E-state index in [4.69, 9.17) is 0 Å². The number of amides is 1.